The Morgan fingerprint density at radius 3 is 2.89 bits per heavy atom. The fourth-order valence-electron chi connectivity index (χ4n) is 2.78. The Morgan fingerprint density at radius 2 is 2.17 bits per heavy atom. The van der Waals surface area contributed by atoms with Crippen LogP contribution in [0.4, 0.5) is 0 Å². The van der Waals surface area contributed by atoms with Gasteiger partial charge in [-0.05, 0) is 58.7 Å². The van der Waals surface area contributed by atoms with Crippen LogP contribution in [0.25, 0.3) is 0 Å². The van der Waals surface area contributed by atoms with Gasteiger partial charge in [0, 0.05) is 13.1 Å². The third kappa shape index (κ3) is 4.34. The molecule has 1 heterocycles. The first-order valence-electron chi connectivity index (χ1n) is 6.74. The third-order valence-electron chi connectivity index (χ3n) is 3.74. The second-order valence-electron chi connectivity index (χ2n) is 5.42. The van der Waals surface area contributed by atoms with Crippen molar-refractivity contribution in [1.82, 2.24) is 4.90 Å². The maximum atomic E-state index is 10.1. The van der Waals surface area contributed by atoms with Crippen molar-refractivity contribution in [3.05, 3.63) is 20.8 Å². The Bertz CT molecular complexity index is 368. The van der Waals surface area contributed by atoms with E-state index in [4.69, 9.17) is 0 Å². The minimum atomic E-state index is -0.0934. The van der Waals surface area contributed by atoms with Gasteiger partial charge in [-0.15, -0.1) is 11.3 Å². The lowest BCUT2D eigenvalue weighted by Gasteiger charge is -2.26. The van der Waals surface area contributed by atoms with Gasteiger partial charge < -0.3 is 10.0 Å². The van der Waals surface area contributed by atoms with Crippen molar-refractivity contribution in [2.24, 2.45) is 5.92 Å². The van der Waals surface area contributed by atoms with E-state index in [1.54, 1.807) is 11.3 Å². The standard InChI is InChI=1S/C14H22BrNOS/c1-16(8-11-7-14(15)18-10-11)9-12-5-3-2-4-6-13(12)17/h7,10,12-13,17H,2-6,8-9H2,1H3. The average molecular weight is 332 g/mol. The molecule has 2 nitrogen and oxygen atoms in total. The molecule has 1 aromatic heterocycles. The summed E-state index contributed by atoms with van der Waals surface area (Å²) in [7, 11) is 2.16. The summed E-state index contributed by atoms with van der Waals surface area (Å²) in [5.41, 5.74) is 1.36. The van der Waals surface area contributed by atoms with Crippen molar-refractivity contribution in [2.75, 3.05) is 13.6 Å². The first kappa shape index (κ1) is 14.5. The van der Waals surface area contributed by atoms with Gasteiger partial charge in [0.05, 0.1) is 9.89 Å². The zero-order chi connectivity index (χ0) is 13.0. The molecule has 2 atom stereocenters. The molecule has 0 radical (unpaired) electrons. The van der Waals surface area contributed by atoms with Crippen molar-refractivity contribution in [1.29, 1.82) is 0 Å². The van der Waals surface area contributed by atoms with E-state index >= 15 is 0 Å². The van der Waals surface area contributed by atoms with Crippen LogP contribution in [0.1, 0.15) is 37.7 Å². The van der Waals surface area contributed by atoms with E-state index < -0.39 is 0 Å². The summed E-state index contributed by atoms with van der Waals surface area (Å²) < 4.78 is 1.19. The van der Waals surface area contributed by atoms with E-state index in [0.29, 0.717) is 5.92 Å². The number of hydrogen-bond acceptors (Lipinski definition) is 3. The van der Waals surface area contributed by atoms with Gasteiger partial charge in [0.2, 0.25) is 0 Å². The molecule has 0 amide bonds. The molecule has 2 unspecified atom stereocenters. The van der Waals surface area contributed by atoms with Crippen LogP contribution in [0.5, 0.6) is 0 Å². The van der Waals surface area contributed by atoms with Gasteiger partial charge >= 0.3 is 0 Å². The number of aliphatic hydroxyl groups excluding tert-OH is 1. The summed E-state index contributed by atoms with van der Waals surface area (Å²) in [6.07, 6.45) is 5.83. The minimum absolute atomic E-state index is 0.0934. The predicted octanol–water partition coefficient (Wildman–Crippen LogP) is 3.88. The van der Waals surface area contributed by atoms with Crippen LogP contribution in [0, 0.1) is 5.92 Å². The molecule has 0 saturated heterocycles. The summed E-state index contributed by atoms with van der Waals surface area (Å²) in [4.78, 5) is 2.34. The highest BCUT2D eigenvalue weighted by atomic mass is 79.9. The highest BCUT2D eigenvalue weighted by molar-refractivity contribution is 9.11. The van der Waals surface area contributed by atoms with Crippen molar-refractivity contribution in [3.63, 3.8) is 0 Å². The van der Waals surface area contributed by atoms with Crippen molar-refractivity contribution < 1.29 is 5.11 Å². The van der Waals surface area contributed by atoms with Gasteiger partial charge in [0.15, 0.2) is 0 Å². The van der Waals surface area contributed by atoms with Gasteiger partial charge in [0.25, 0.3) is 0 Å². The van der Waals surface area contributed by atoms with Crippen LogP contribution < -0.4 is 0 Å². The lowest BCUT2D eigenvalue weighted by Crippen LogP contribution is -2.32. The Labute approximate surface area is 122 Å². The van der Waals surface area contributed by atoms with E-state index in [-0.39, 0.29) is 6.10 Å². The SMILES string of the molecule is CN(Cc1csc(Br)c1)CC1CCCCCC1O. The van der Waals surface area contributed by atoms with Crippen LogP contribution in [0.2, 0.25) is 0 Å². The van der Waals surface area contributed by atoms with E-state index in [1.165, 1.54) is 35.0 Å². The Balaban J connectivity index is 1.84. The molecule has 1 saturated carbocycles. The van der Waals surface area contributed by atoms with Gasteiger partial charge in [-0.1, -0.05) is 19.3 Å². The second-order valence-corrected chi connectivity index (χ2v) is 7.71. The van der Waals surface area contributed by atoms with Crippen LogP contribution in [-0.2, 0) is 6.54 Å². The first-order valence-corrected chi connectivity index (χ1v) is 8.42. The maximum Gasteiger partial charge on any atom is 0.0701 e. The van der Waals surface area contributed by atoms with Gasteiger partial charge in [-0.3, -0.25) is 0 Å². The second kappa shape index (κ2) is 7.04. The van der Waals surface area contributed by atoms with Gasteiger partial charge in [-0.25, -0.2) is 0 Å². The molecule has 1 N–H and O–H groups in total. The maximum absolute atomic E-state index is 10.1. The fraction of sp³-hybridized carbons (Fsp3) is 0.714. The Hall–Kier alpha value is 0.1000. The number of thiophene rings is 1. The molecule has 102 valence electrons. The highest BCUT2D eigenvalue weighted by Crippen LogP contribution is 2.25. The van der Waals surface area contributed by atoms with E-state index in [0.717, 1.165) is 19.5 Å². The van der Waals surface area contributed by atoms with Crippen LogP contribution >= 0.6 is 27.3 Å². The average Bonchev–Trinajstić information content (AvgIpc) is 2.61. The summed E-state index contributed by atoms with van der Waals surface area (Å²) in [6.45, 7) is 1.99. The van der Waals surface area contributed by atoms with Crippen molar-refractivity contribution >= 4 is 27.3 Å². The normalized spacial score (nSPS) is 25.3. The monoisotopic (exact) mass is 331 g/mol. The molecule has 0 spiro atoms. The lowest BCUT2D eigenvalue weighted by molar-refractivity contribution is 0.0780. The molecule has 0 bridgehead atoms. The third-order valence-corrected chi connectivity index (χ3v) is 5.29. The summed E-state index contributed by atoms with van der Waals surface area (Å²) >= 11 is 5.24. The number of halogens is 1. The van der Waals surface area contributed by atoms with Crippen LogP contribution in [0.3, 0.4) is 0 Å². The van der Waals surface area contributed by atoms with Crippen molar-refractivity contribution in [2.45, 2.75) is 44.8 Å². The summed E-state index contributed by atoms with van der Waals surface area (Å²) in [6, 6.07) is 2.19. The first-order chi connectivity index (χ1) is 8.65. The summed E-state index contributed by atoms with van der Waals surface area (Å²) in [5, 5.41) is 12.3. The zero-order valence-electron chi connectivity index (χ0n) is 10.9. The lowest BCUT2D eigenvalue weighted by atomic mass is 9.97. The Morgan fingerprint density at radius 1 is 1.39 bits per heavy atom. The quantitative estimate of drug-likeness (QED) is 0.846. The van der Waals surface area contributed by atoms with Gasteiger partial charge in [-0.2, -0.15) is 0 Å². The van der Waals surface area contributed by atoms with Crippen LogP contribution in [0.15, 0.2) is 15.2 Å². The molecule has 0 aliphatic heterocycles. The smallest absolute Gasteiger partial charge is 0.0701 e. The molecule has 1 aliphatic rings. The number of nitrogens with zero attached hydrogens (tertiary/aromatic N) is 1. The van der Waals surface area contributed by atoms with Crippen molar-refractivity contribution in [3.8, 4) is 0 Å². The molecule has 4 heteroatoms. The number of aliphatic hydroxyl groups is 1. The molecule has 1 aromatic rings. The van der Waals surface area contributed by atoms with Gasteiger partial charge in [0.1, 0.15) is 0 Å². The highest BCUT2D eigenvalue weighted by Gasteiger charge is 2.22. The van der Waals surface area contributed by atoms with E-state index in [9.17, 15) is 5.11 Å². The molecule has 0 aromatic carbocycles. The van der Waals surface area contributed by atoms with E-state index in [2.05, 4.69) is 39.3 Å². The topological polar surface area (TPSA) is 23.5 Å². The van der Waals surface area contributed by atoms with Crippen LogP contribution in [-0.4, -0.2) is 29.7 Å². The largest absolute Gasteiger partial charge is 0.393 e. The predicted molar refractivity (Wildman–Crippen MR) is 80.9 cm³/mol. The molecule has 2 rings (SSSR count). The zero-order valence-corrected chi connectivity index (χ0v) is 13.3. The minimum Gasteiger partial charge on any atom is -0.393 e. The molecule has 18 heavy (non-hydrogen) atoms. The molecular weight excluding hydrogens is 310 g/mol. The molecule has 1 aliphatic carbocycles. The number of hydrogen-bond donors (Lipinski definition) is 1. The fourth-order valence-corrected chi connectivity index (χ4v) is 3.98. The number of rotatable bonds is 4. The summed E-state index contributed by atoms with van der Waals surface area (Å²) in [5.74, 6) is 0.458. The Kier molecular flexibility index (Phi) is 5.67. The molecule has 1 fully saturated rings. The van der Waals surface area contributed by atoms with E-state index in [1.807, 2.05) is 0 Å². The molecular formula is C14H22BrNOS.